The van der Waals surface area contributed by atoms with Crippen molar-refractivity contribution in [2.75, 3.05) is 0 Å². The van der Waals surface area contributed by atoms with Crippen LogP contribution in [0.4, 0.5) is 4.39 Å². The van der Waals surface area contributed by atoms with Crippen molar-refractivity contribution in [2.24, 2.45) is 0 Å². The molecule has 36 heavy (non-hydrogen) atoms. The predicted molar refractivity (Wildman–Crippen MR) is 154 cm³/mol. The second-order valence-corrected chi connectivity index (χ2v) is 13.5. The van der Waals surface area contributed by atoms with Gasteiger partial charge >= 0.3 is 0 Å². The lowest BCUT2D eigenvalue weighted by Crippen LogP contribution is -2.34. The number of thiophene rings is 1. The number of halogens is 1. The fraction of sp³-hybridized carbons (Fsp3) is 0.364. The summed E-state index contributed by atoms with van der Waals surface area (Å²) in [4.78, 5) is 4.74. The number of benzene rings is 3. The summed E-state index contributed by atoms with van der Waals surface area (Å²) in [5, 5.41) is 2.55. The van der Waals surface area contributed by atoms with Crippen LogP contribution in [-0.4, -0.2) is 4.98 Å². The van der Waals surface area contributed by atoms with E-state index in [-0.39, 0.29) is 46.9 Å². The zero-order valence-electron chi connectivity index (χ0n) is 27.0. The van der Waals surface area contributed by atoms with Crippen molar-refractivity contribution in [1.29, 1.82) is 0 Å². The van der Waals surface area contributed by atoms with E-state index in [1.807, 2.05) is 26.8 Å². The van der Waals surface area contributed by atoms with Gasteiger partial charge in [0.2, 0.25) is 0 Å². The number of nitrogens with zero attached hydrogens (tertiary/aromatic N) is 1. The Labute approximate surface area is 224 Å². The Bertz CT molecular complexity index is 1950. The molecule has 0 N–H and O–H groups in total. The van der Waals surface area contributed by atoms with E-state index in [0.29, 0.717) is 32.3 Å². The minimum atomic E-state index is -0.585. The van der Waals surface area contributed by atoms with Gasteiger partial charge < -0.3 is 0 Å². The first kappa shape index (κ1) is 18.5. The average molecular weight is 501 g/mol. The van der Waals surface area contributed by atoms with Gasteiger partial charge in [0, 0.05) is 22.5 Å². The molecule has 1 aliphatic rings. The van der Waals surface area contributed by atoms with Crippen molar-refractivity contribution in [1.82, 2.24) is 4.98 Å². The van der Waals surface area contributed by atoms with Crippen molar-refractivity contribution in [3.63, 3.8) is 0 Å². The maximum Gasteiger partial charge on any atom is 0.141 e. The molecule has 5 aromatic rings. The van der Waals surface area contributed by atoms with Crippen LogP contribution < -0.4 is 0 Å². The minimum absolute atomic E-state index is 0.139. The average Bonchev–Trinajstić information content (AvgIpc) is 3.28. The van der Waals surface area contributed by atoms with Gasteiger partial charge in [0.15, 0.2) is 0 Å². The molecule has 3 heteroatoms. The van der Waals surface area contributed by atoms with Gasteiger partial charge in [-0.15, -0.1) is 11.3 Å². The highest BCUT2D eigenvalue weighted by Crippen LogP contribution is 2.53. The zero-order valence-corrected chi connectivity index (χ0v) is 22.8. The Morgan fingerprint density at radius 1 is 0.972 bits per heavy atom. The van der Waals surface area contributed by atoms with Gasteiger partial charge in [-0.05, 0) is 80.8 Å². The maximum atomic E-state index is 15.9. The van der Waals surface area contributed by atoms with Gasteiger partial charge in [-0.2, -0.15) is 0 Å². The largest absolute Gasteiger partial charge is 0.255 e. The first-order valence-electron chi connectivity index (χ1n) is 15.1. The van der Waals surface area contributed by atoms with Crippen LogP contribution in [0.2, 0.25) is 0 Å². The number of rotatable bonds is 1. The number of hydrogen-bond donors (Lipinski definition) is 0. The first-order chi connectivity index (χ1) is 19.0. The van der Waals surface area contributed by atoms with Crippen molar-refractivity contribution in [3.05, 3.63) is 77.1 Å². The summed E-state index contributed by atoms with van der Waals surface area (Å²) in [5.74, 6) is -0.245. The van der Waals surface area contributed by atoms with Crippen LogP contribution in [0.25, 0.3) is 42.2 Å². The van der Waals surface area contributed by atoms with Crippen LogP contribution in [0.5, 0.6) is 0 Å². The molecule has 1 aliphatic carbocycles. The van der Waals surface area contributed by atoms with Crippen LogP contribution >= 0.6 is 11.3 Å². The third kappa shape index (κ3) is 3.43. The van der Waals surface area contributed by atoms with Gasteiger partial charge in [0.25, 0.3) is 0 Å². The lowest BCUT2D eigenvalue weighted by molar-refractivity contribution is 0.333. The summed E-state index contributed by atoms with van der Waals surface area (Å²) in [6.07, 6.45) is 3.69. The topological polar surface area (TPSA) is 12.9 Å². The molecule has 0 radical (unpaired) electrons. The monoisotopic (exact) mass is 500 g/mol. The van der Waals surface area contributed by atoms with Crippen molar-refractivity contribution < 1.29 is 11.2 Å². The molecule has 0 fully saturated rings. The third-order valence-corrected chi connectivity index (χ3v) is 9.13. The fourth-order valence-corrected chi connectivity index (χ4v) is 7.06. The second-order valence-electron chi connectivity index (χ2n) is 12.5. The molecule has 0 aliphatic heterocycles. The molecule has 0 bridgehead atoms. The molecule has 0 spiro atoms. The van der Waals surface area contributed by atoms with E-state index in [4.69, 9.17) is 10.5 Å². The molecule has 1 nitrogen and oxygen atoms in total. The summed E-state index contributed by atoms with van der Waals surface area (Å²) in [5.41, 5.74) is 2.92. The van der Waals surface area contributed by atoms with Gasteiger partial charge in [-0.3, -0.25) is 4.98 Å². The van der Waals surface area contributed by atoms with E-state index in [1.165, 1.54) is 16.9 Å². The molecule has 2 heterocycles. The number of aromatic nitrogens is 1. The normalized spacial score (nSPS) is 19.1. The molecule has 0 atom stereocenters. The van der Waals surface area contributed by atoms with Crippen LogP contribution in [0.3, 0.4) is 0 Å². The molecule has 0 amide bonds. The van der Waals surface area contributed by atoms with Gasteiger partial charge in [-0.1, -0.05) is 72.6 Å². The first-order valence-corrected chi connectivity index (χ1v) is 13.4. The minimum Gasteiger partial charge on any atom is -0.255 e. The van der Waals surface area contributed by atoms with Crippen molar-refractivity contribution >= 4 is 42.3 Å². The summed E-state index contributed by atoms with van der Waals surface area (Å²) in [6, 6.07) is 4.62. The zero-order chi connectivity index (χ0) is 30.0. The Morgan fingerprint density at radius 2 is 1.69 bits per heavy atom. The lowest BCUT2D eigenvalue weighted by Gasteiger charge is -2.42. The van der Waals surface area contributed by atoms with Gasteiger partial charge in [0.05, 0.1) is 21.9 Å². The summed E-state index contributed by atoms with van der Waals surface area (Å²) in [7, 11) is 0. The Balaban J connectivity index is 1.79. The summed E-state index contributed by atoms with van der Waals surface area (Å²) in [6.45, 7) is 14.7. The molecule has 0 saturated heterocycles. The van der Waals surface area contributed by atoms with E-state index in [1.54, 1.807) is 18.3 Å². The molecular formula is C33H34FNS. The van der Waals surface area contributed by atoms with E-state index < -0.39 is 5.41 Å². The molecular weight excluding hydrogens is 461 g/mol. The molecule has 0 saturated carbocycles. The van der Waals surface area contributed by atoms with Crippen LogP contribution in [0.15, 0.2) is 54.6 Å². The summed E-state index contributed by atoms with van der Waals surface area (Å²) >= 11 is 1.35. The van der Waals surface area contributed by atoms with E-state index >= 15 is 4.39 Å². The van der Waals surface area contributed by atoms with E-state index in [9.17, 15) is 1.37 Å². The number of pyridine rings is 1. The molecule has 0 unspecified atom stereocenters. The second kappa shape index (κ2) is 7.61. The quantitative estimate of drug-likeness (QED) is 0.223. The van der Waals surface area contributed by atoms with E-state index in [0.717, 1.165) is 33.9 Å². The summed E-state index contributed by atoms with van der Waals surface area (Å²) < 4.78 is 60.6. The predicted octanol–water partition coefficient (Wildman–Crippen LogP) is 10.1. The van der Waals surface area contributed by atoms with E-state index in [2.05, 4.69) is 27.7 Å². The van der Waals surface area contributed by atoms with Crippen LogP contribution in [-0.2, 0) is 16.2 Å². The highest BCUT2D eigenvalue weighted by molar-refractivity contribution is 7.26. The lowest BCUT2D eigenvalue weighted by atomic mass is 9.62. The van der Waals surface area contributed by atoms with Crippen molar-refractivity contribution in [2.45, 2.75) is 77.6 Å². The van der Waals surface area contributed by atoms with Gasteiger partial charge in [-0.25, -0.2) is 4.39 Å². The third-order valence-electron chi connectivity index (χ3n) is 7.91. The highest BCUT2D eigenvalue weighted by Gasteiger charge is 2.40. The fourth-order valence-electron chi connectivity index (χ4n) is 5.85. The maximum absolute atomic E-state index is 15.9. The molecule has 2 aromatic heterocycles. The Hall–Kier alpha value is -2.78. The molecule has 3 aromatic carbocycles. The molecule has 184 valence electrons. The van der Waals surface area contributed by atoms with Gasteiger partial charge in [0.1, 0.15) is 5.82 Å². The standard InChI is InChI=1S/C33H34FNS/c1-31(2,3)23-17-20(16-19-10-8-9-11-21(19)23)28-29-22(12-15-35-28)26-27-24(18-25(34)30(26)36-29)32(4,5)13-14-33(27,6)7/h8-12,15-18H,13-14H2,1-7H3/i8D,9D,10D,11D,17D. The van der Waals surface area contributed by atoms with Crippen LogP contribution in [0, 0.1) is 5.82 Å². The smallest absolute Gasteiger partial charge is 0.141 e. The Morgan fingerprint density at radius 3 is 2.44 bits per heavy atom. The Kier molecular flexibility index (Phi) is 3.91. The SMILES string of the molecule is [2H]c1c([2H])c([2H])c2c(C(C)(C)C)c([2H])c(-c3nccc4c3sc3c(F)cc5c(c34)C(C)(C)CCC5(C)C)cc2c1[2H]. The van der Waals surface area contributed by atoms with Crippen molar-refractivity contribution in [3.8, 4) is 11.3 Å². The van der Waals surface area contributed by atoms with Crippen LogP contribution in [0.1, 0.15) is 84.9 Å². The number of fused-ring (bicyclic) bond motifs is 6. The highest BCUT2D eigenvalue weighted by atomic mass is 32.1. The number of hydrogen-bond acceptors (Lipinski definition) is 2. The molecule has 6 rings (SSSR count).